The molecule has 70 valence electrons. The minimum absolute atomic E-state index is 0. The molecule has 0 aliphatic heterocycles. The maximum Gasteiger partial charge on any atom is 0.206 e. The molecule has 0 unspecified atom stereocenters. The summed E-state index contributed by atoms with van der Waals surface area (Å²) in [5, 5.41) is 1.23. The van der Waals surface area contributed by atoms with Crippen molar-refractivity contribution in [2.75, 3.05) is 6.61 Å². The minimum atomic E-state index is 0. The van der Waals surface area contributed by atoms with Crippen LogP contribution in [0.2, 0.25) is 0 Å². The van der Waals surface area contributed by atoms with Crippen molar-refractivity contribution in [2.45, 2.75) is 13.7 Å². The molecule has 1 aromatic heterocycles. The Bertz CT molecular complexity index is 397. The van der Waals surface area contributed by atoms with Gasteiger partial charge in [0.05, 0.1) is 0 Å². The molecule has 14 heavy (non-hydrogen) atoms. The van der Waals surface area contributed by atoms with Crippen molar-refractivity contribution in [1.29, 1.82) is 0 Å². The SMILES string of the molecule is CC[OH+]Cn1[c-]cc2ccccc21.[Li-]. The van der Waals surface area contributed by atoms with Crippen LogP contribution in [0.3, 0.4) is 0 Å². The monoisotopic (exact) mass is 182 g/mol. The number of aliphatic hydroxyl groups is 2. The summed E-state index contributed by atoms with van der Waals surface area (Å²) in [7, 11) is 0. The molecule has 2 radical (unpaired) electrons. The number of fused-ring (bicyclic) bond motifs is 1. The number of para-hydroxylation sites is 1. The molecule has 0 bridgehead atoms. The van der Waals surface area contributed by atoms with E-state index in [1.165, 1.54) is 10.9 Å². The van der Waals surface area contributed by atoms with E-state index in [0.717, 1.165) is 6.61 Å². The fourth-order valence-corrected chi connectivity index (χ4v) is 1.39. The Morgan fingerprint density at radius 1 is 1.36 bits per heavy atom. The topological polar surface area (TPSA) is 17.7 Å². The predicted octanol–water partition coefficient (Wildman–Crippen LogP) is 1.57. The van der Waals surface area contributed by atoms with Crippen molar-refractivity contribution < 1.29 is 4.74 Å². The molecule has 0 aliphatic rings. The zero-order valence-corrected chi connectivity index (χ0v) is 8.70. The Morgan fingerprint density at radius 3 is 2.93 bits per heavy atom. The normalized spacial score (nSPS) is 10.1. The Balaban J connectivity index is 0.000000980. The fraction of sp³-hybridized carbons (Fsp3) is 0.273. The molecule has 0 amide bonds. The zero-order chi connectivity index (χ0) is 9.10. The van der Waals surface area contributed by atoms with Gasteiger partial charge in [-0.25, -0.2) is 0 Å². The number of aromatic nitrogens is 1. The summed E-state index contributed by atoms with van der Waals surface area (Å²) in [4.78, 5) is 0. The largest absolute Gasteiger partial charge is 1.00 e. The molecule has 2 rings (SSSR count). The molecule has 1 aromatic carbocycles. The quantitative estimate of drug-likeness (QED) is 0.389. The van der Waals surface area contributed by atoms with E-state index in [9.17, 15) is 0 Å². The van der Waals surface area contributed by atoms with Gasteiger partial charge in [0.15, 0.2) is 0 Å². The van der Waals surface area contributed by atoms with Crippen LogP contribution in [0.25, 0.3) is 10.9 Å². The van der Waals surface area contributed by atoms with E-state index >= 15 is 0 Å². The van der Waals surface area contributed by atoms with Gasteiger partial charge in [-0.05, 0) is 0 Å². The Kier molecular flexibility index (Phi) is 4.28. The van der Waals surface area contributed by atoms with Crippen LogP contribution in [0.15, 0.2) is 30.3 Å². The first-order chi connectivity index (χ1) is 6.42. The van der Waals surface area contributed by atoms with E-state index in [2.05, 4.69) is 23.1 Å². The second-order valence-corrected chi connectivity index (χ2v) is 2.94. The third-order valence-corrected chi connectivity index (χ3v) is 2.07. The fourth-order valence-electron chi connectivity index (χ4n) is 1.39. The van der Waals surface area contributed by atoms with Crippen molar-refractivity contribution >= 4 is 29.8 Å². The van der Waals surface area contributed by atoms with E-state index in [-0.39, 0.29) is 18.9 Å². The first kappa shape index (κ1) is 11.4. The van der Waals surface area contributed by atoms with Gasteiger partial charge in [-0.3, -0.25) is 0 Å². The molecule has 0 saturated carbocycles. The Morgan fingerprint density at radius 2 is 2.14 bits per heavy atom. The second-order valence-electron chi connectivity index (χ2n) is 2.94. The van der Waals surface area contributed by atoms with Crippen LogP contribution in [-0.4, -0.2) is 34.8 Å². The standard InChI is InChI=1S/C11H12NO.Li/c1-2-13-9-12-8-7-10-5-3-4-6-11(10)12;/h3-7H,2,9H2,1H3;/q2*-1/p+1. The first-order valence-corrected chi connectivity index (χ1v) is 4.51. The van der Waals surface area contributed by atoms with Crippen molar-refractivity contribution in [1.82, 2.24) is 4.57 Å². The summed E-state index contributed by atoms with van der Waals surface area (Å²) >= 11 is 0. The molecule has 2 nitrogen and oxygen atoms in total. The summed E-state index contributed by atoms with van der Waals surface area (Å²) in [6.45, 7) is 3.62. The third-order valence-electron chi connectivity index (χ3n) is 2.07. The number of benzene rings is 1. The van der Waals surface area contributed by atoms with Crippen LogP contribution in [0, 0.1) is 6.20 Å². The summed E-state index contributed by atoms with van der Waals surface area (Å²) in [5.74, 6) is 0. The number of ether oxygens (including phenoxy) is 1. The van der Waals surface area contributed by atoms with Crippen molar-refractivity contribution in [2.24, 2.45) is 0 Å². The van der Waals surface area contributed by atoms with E-state index in [4.69, 9.17) is 0 Å². The summed E-state index contributed by atoms with van der Waals surface area (Å²) in [6, 6.07) is 10.3. The number of hydrogen-bond acceptors (Lipinski definition) is 0. The molecule has 0 spiro atoms. The second kappa shape index (κ2) is 5.26. The third kappa shape index (κ3) is 2.22. The van der Waals surface area contributed by atoms with Gasteiger partial charge in [0.25, 0.3) is 0 Å². The molecule has 2 aromatic rings. The maximum atomic E-state index is 4.30. The summed E-state index contributed by atoms with van der Waals surface area (Å²) in [6.07, 6.45) is 3.17. The smallest absolute Gasteiger partial charge is 0.206 e. The molecule has 0 atom stereocenters. The molecule has 3 heteroatoms. The number of rotatable bonds is 3. The van der Waals surface area contributed by atoms with Crippen LogP contribution in [0.5, 0.6) is 0 Å². The van der Waals surface area contributed by atoms with E-state index in [1.54, 1.807) is 0 Å². The van der Waals surface area contributed by atoms with E-state index < -0.39 is 0 Å². The predicted molar refractivity (Wildman–Crippen MR) is 59.3 cm³/mol. The molecule has 1 heterocycles. The molecular formula is C11H13LiNO-. The molecule has 0 fully saturated rings. The zero-order valence-electron chi connectivity index (χ0n) is 8.70. The first-order valence-electron chi connectivity index (χ1n) is 4.51. The van der Waals surface area contributed by atoms with Gasteiger partial charge >= 0.3 is 0 Å². The van der Waals surface area contributed by atoms with Crippen LogP contribution in [0.1, 0.15) is 6.92 Å². The van der Waals surface area contributed by atoms with Crippen molar-refractivity contribution in [3.05, 3.63) is 36.5 Å². The van der Waals surface area contributed by atoms with Gasteiger partial charge in [-0.1, -0.05) is 23.8 Å². The molecule has 0 aliphatic carbocycles. The number of hydrogen-bond donors (Lipinski definition) is 0. The minimum Gasteiger partial charge on any atom is -1.00 e. The Labute approximate surface area is 96.0 Å². The van der Waals surface area contributed by atoms with Gasteiger partial charge < -0.3 is 28.2 Å². The van der Waals surface area contributed by atoms with Crippen LogP contribution in [0.4, 0.5) is 0 Å². The van der Waals surface area contributed by atoms with Gasteiger partial charge in [-0.15, -0.1) is 12.1 Å². The van der Waals surface area contributed by atoms with Gasteiger partial charge in [0.1, 0.15) is 6.61 Å². The van der Waals surface area contributed by atoms with Crippen molar-refractivity contribution in [3.63, 3.8) is 0 Å². The summed E-state index contributed by atoms with van der Waals surface area (Å²) in [5.41, 5.74) is 1.21. The van der Waals surface area contributed by atoms with E-state index in [0.29, 0.717) is 6.73 Å². The molecular weight excluding hydrogens is 169 g/mol. The Hall–Kier alpha value is -0.683. The average Bonchev–Trinajstić information content (AvgIpc) is 2.58. The van der Waals surface area contributed by atoms with Gasteiger partial charge in [-0.2, -0.15) is 11.5 Å². The number of nitrogens with zero attached hydrogens (tertiary/aromatic N) is 1. The molecule has 0 saturated heterocycles. The van der Waals surface area contributed by atoms with Crippen molar-refractivity contribution in [3.8, 4) is 0 Å². The summed E-state index contributed by atoms with van der Waals surface area (Å²) < 4.78 is 6.34. The van der Waals surface area contributed by atoms with E-state index in [1.807, 2.05) is 29.7 Å². The van der Waals surface area contributed by atoms with Crippen LogP contribution >= 0.6 is 0 Å². The molecule has 1 N–H and O–H groups in total. The maximum absolute atomic E-state index is 4.30. The van der Waals surface area contributed by atoms with Crippen LogP contribution in [-0.2, 0) is 6.73 Å². The average molecular weight is 182 g/mol. The van der Waals surface area contributed by atoms with Gasteiger partial charge in [0.2, 0.25) is 6.73 Å². The van der Waals surface area contributed by atoms with Gasteiger partial charge in [0, 0.05) is 6.92 Å². The van der Waals surface area contributed by atoms with Crippen LogP contribution < -0.4 is 0 Å².